The van der Waals surface area contributed by atoms with Gasteiger partial charge in [0, 0.05) is 9.75 Å². The first-order valence-corrected chi connectivity index (χ1v) is 7.21. The largest absolute Gasteiger partial charge is 0.383 e. The first kappa shape index (κ1) is 12.8. The summed E-state index contributed by atoms with van der Waals surface area (Å²) in [5.41, 5.74) is 1.70. The highest BCUT2D eigenvalue weighted by molar-refractivity contribution is 7.12. The van der Waals surface area contributed by atoms with Crippen molar-refractivity contribution in [2.75, 3.05) is 0 Å². The Bertz CT molecular complexity index is 583. The van der Waals surface area contributed by atoms with Gasteiger partial charge < -0.3 is 5.11 Å². The first-order valence-electron chi connectivity index (χ1n) is 6.39. The highest BCUT2D eigenvalue weighted by atomic mass is 32.1. The van der Waals surface area contributed by atoms with Gasteiger partial charge in [-0.1, -0.05) is 6.07 Å². The lowest BCUT2D eigenvalue weighted by Crippen LogP contribution is -1.99. The lowest BCUT2D eigenvalue weighted by Gasteiger charge is -2.09. The molecule has 0 saturated carbocycles. The van der Waals surface area contributed by atoms with E-state index in [0.29, 0.717) is 5.56 Å². The second-order valence-electron chi connectivity index (χ2n) is 4.88. The van der Waals surface area contributed by atoms with Crippen LogP contribution in [-0.4, -0.2) is 5.11 Å². The molecule has 0 aliphatic heterocycles. The Morgan fingerprint density at radius 3 is 2.58 bits per heavy atom. The zero-order chi connectivity index (χ0) is 13.4. The summed E-state index contributed by atoms with van der Waals surface area (Å²) in [5.74, 6) is -1.81. The zero-order valence-electron chi connectivity index (χ0n) is 10.3. The van der Waals surface area contributed by atoms with E-state index in [9.17, 15) is 13.9 Å². The number of rotatable bonds is 2. The van der Waals surface area contributed by atoms with E-state index in [1.165, 1.54) is 29.3 Å². The minimum Gasteiger partial charge on any atom is -0.383 e. The maximum Gasteiger partial charge on any atom is 0.159 e. The Morgan fingerprint density at radius 2 is 1.84 bits per heavy atom. The Balaban J connectivity index is 1.92. The average molecular weight is 280 g/mol. The second kappa shape index (κ2) is 5.02. The van der Waals surface area contributed by atoms with Crippen LogP contribution in [0.5, 0.6) is 0 Å². The minimum atomic E-state index is -0.919. The van der Waals surface area contributed by atoms with Gasteiger partial charge >= 0.3 is 0 Å². The fourth-order valence-corrected chi connectivity index (χ4v) is 3.77. The summed E-state index contributed by atoms with van der Waals surface area (Å²) < 4.78 is 26.1. The maximum absolute atomic E-state index is 13.2. The molecule has 1 nitrogen and oxygen atoms in total. The standard InChI is InChI=1S/C15H14F2OS/c16-11-6-5-10(7-12(11)17)15(18)14-8-9-3-1-2-4-13(9)19-14/h5-8,15,18H,1-4H2. The van der Waals surface area contributed by atoms with Gasteiger partial charge in [0.25, 0.3) is 0 Å². The van der Waals surface area contributed by atoms with Gasteiger partial charge in [0.05, 0.1) is 0 Å². The van der Waals surface area contributed by atoms with Crippen molar-refractivity contribution in [3.8, 4) is 0 Å². The van der Waals surface area contributed by atoms with Crippen LogP contribution in [-0.2, 0) is 12.8 Å². The molecule has 19 heavy (non-hydrogen) atoms. The second-order valence-corrected chi connectivity index (χ2v) is 6.05. The molecule has 1 aliphatic carbocycles. The van der Waals surface area contributed by atoms with E-state index in [2.05, 4.69) is 0 Å². The molecule has 0 radical (unpaired) electrons. The molecular weight excluding hydrogens is 266 g/mol. The third-order valence-corrected chi connectivity index (χ3v) is 4.83. The number of hydrogen-bond donors (Lipinski definition) is 1. The summed E-state index contributed by atoms with van der Waals surface area (Å²) in [6.45, 7) is 0. The summed E-state index contributed by atoms with van der Waals surface area (Å²) in [6.07, 6.45) is 3.62. The van der Waals surface area contributed by atoms with Crippen LogP contribution in [0.3, 0.4) is 0 Å². The smallest absolute Gasteiger partial charge is 0.159 e. The third kappa shape index (κ3) is 2.42. The van der Waals surface area contributed by atoms with Gasteiger partial charge in [-0.2, -0.15) is 0 Å². The quantitative estimate of drug-likeness (QED) is 0.882. The Labute approximate surface area is 114 Å². The highest BCUT2D eigenvalue weighted by Gasteiger charge is 2.19. The van der Waals surface area contributed by atoms with Crippen LogP contribution in [0.1, 0.15) is 39.8 Å². The van der Waals surface area contributed by atoms with Crippen molar-refractivity contribution in [2.24, 2.45) is 0 Å². The zero-order valence-corrected chi connectivity index (χ0v) is 11.1. The molecular formula is C15H14F2OS. The molecule has 0 saturated heterocycles. The predicted molar refractivity (Wildman–Crippen MR) is 71.4 cm³/mol. The summed E-state index contributed by atoms with van der Waals surface area (Å²) in [4.78, 5) is 2.14. The lowest BCUT2D eigenvalue weighted by atomic mass is 9.98. The Kier molecular flexibility index (Phi) is 3.37. The number of aliphatic hydroxyl groups is 1. The summed E-state index contributed by atoms with van der Waals surface area (Å²) in [5, 5.41) is 10.3. The molecule has 0 spiro atoms. The van der Waals surface area contributed by atoms with Gasteiger partial charge in [-0.3, -0.25) is 0 Å². The minimum absolute atomic E-state index is 0.400. The van der Waals surface area contributed by atoms with Gasteiger partial charge in [-0.05, 0) is 55.0 Å². The van der Waals surface area contributed by atoms with Crippen molar-refractivity contribution in [1.82, 2.24) is 0 Å². The van der Waals surface area contributed by atoms with Gasteiger partial charge in [0.1, 0.15) is 6.10 Å². The monoisotopic (exact) mass is 280 g/mol. The van der Waals surface area contributed by atoms with Gasteiger partial charge in [0.2, 0.25) is 0 Å². The molecule has 1 atom stereocenters. The predicted octanol–water partition coefficient (Wildman–Crippen LogP) is 3.99. The van der Waals surface area contributed by atoms with E-state index < -0.39 is 17.7 Å². The van der Waals surface area contributed by atoms with Crippen molar-refractivity contribution in [3.63, 3.8) is 0 Å². The summed E-state index contributed by atoms with van der Waals surface area (Å²) in [6, 6.07) is 5.56. The summed E-state index contributed by atoms with van der Waals surface area (Å²) >= 11 is 1.58. The van der Waals surface area contributed by atoms with Crippen molar-refractivity contribution in [1.29, 1.82) is 0 Å². The van der Waals surface area contributed by atoms with E-state index >= 15 is 0 Å². The number of benzene rings is 1. The van der Waals surface area contributed by atoms with Crippen molar-refractivity contribution in [3.05, 3.63) is 56.8 Å². The molecule has 1 aromatic carbocycles. The van der Waals surface area contributed by atoms with Crippen molar-refractivity contribution >= 4 is 11.3 Å². The van der Waals surface area contributed by atoms with Gasteiger partial charge in [-0.15, -0.1) is 11.3 Å². The fourth-order valence-electron chi connectivity index (χ4n) is 2.50. The topological polar surface area (TPSA) is 20.2 Å². The Morgan fingerprint density at radius 1 is 1.05 bits per heavy atom. The van der Waals surface area contributed by atoms with Crippen LogP contribution in [0.25, 0.3) is 0 Å². The molecule has 4 heteroatoms. The van der Waals surface area contributed by atoms with Crippen LogP contribution in [0.15, 0.2) is 24.3 Å². The SMILES string of the molecule is OC(c1ccc(F)c(F)c1)c1cc2c(s1)CCCC2. The molecule has 100 valence electrons. The number of thiophene rings is 1. The number of hydrogen-bond acceptors (Lipinski definition) is 2. The number of aryl methyl sites for hydroxylation is 2. The molecule has 0 fully saturated rings. The van der Waals surface area contributed by atoms with E-state index in [4.69, 9.17) is 0 Å². The molecule has 1 aromatic heterocycles. The van der Waals surface area contributed by atoms with E-state index in [1.807, 2.05) is 6.07 Å². The van der Waals surface area contributed by atoms with Crippen molar-refractivity contribution in [2.45, 2.75) is 31.8 Å². The van der Waals surface area contributed by atoms with Crippen molar-refractivity contribution < 1.29 is 13.9 Å². The number of fused-ring (bicyclic) bond motifs is 1. The van der Waals surface area contributed by atoms with Crippen LogP contribution in [0.4, 0.5) is 8.78 Å². The van der Waals surface area contributed by atoms with Crippen LogP contribution in [0, 0.1) is 11.6 Å². The molecule has 1 unspecified atom stereocenters. The van der Waals surface area contributed by atoms with Crippen LogP contribution < -0.4 is 0 Å². The lowest BCUT2D eigenvalue weighted by molar-refractivity contribution is 0.223. The van der Waals surface area contributed by atoms with E-state index in [-0.39, 0.29) is 0 Å². The number of aliphatic hydroxyl groups excluding tert-OH is 1. The molecule has 0 amide bonds. The van der Waals surface area contributed by atoms with Gasteiger partial charge in [-0.25, -0.2) is 8.78 Å². The molecule has 1 aliphatic rings. The van der Waals surface area contributed by atoms with E-state index in [0.717, 1.165) is 29.9 Å². The first-order chi connectivity index (χ1) is 9.15. The maximum atomic E-state index is 13.2. The molecule has 1 N–H and O–H groups in total. The molecule has 3 rings (SSSR count). The fraction of sp³-hybridized carbons (Fsp3) is 0.333. The molecule has 0 bridgehead atoms. The van der Waals surface area contributed by atoms with Crippen LogP contribution in [0.2, 0.25) is 0 Å². The van der Waals surface area contributed by atoms with E-state index in [1.54, 1.807) is 11.3 Å². The summed E-state index contributed by atoms with van der Waals surface area (Å²) in [7, 11) is 0. The number of halogens is 2. The molecule has 2 aromatic rings. The highest BCUT2D eigenvalue weighted by Crippen LogP contribution is 2.35. The molecule has 1 heterocycles. The normalized spacial score (nSPS) is 16.2. The van der Waals surface area contributed by atoms with Gasteiger partial charge in [0.15, 0.2) is 11.6 Å². The average Bonchev–Trinajstić information content (AvgIpc) is 2.85. The third-order valence-electron chi connectivity index (χ3n) is 3.54. The van der Waals surface area contributed by atoms with Crippen LogP contribution >= 0.6 is 11.3 Å². The Hall–Kier alpha value is -1.26.